The van der Waals surface area contributed by atoms with Crippen LogP contribution in [0.5, 0.6) is 0 Å². The van der Waals surface area contributed by atoms with Crippen molar-refractivity contribution in [3.63, 3.8) is 0 Å². The topological polar surface area (TPSA) is 12.5 Å². The molecule has 2 nitrogen and oxygen atoms in total. The second kappa shape index (κ2) is 6.32. The van der Waals surface area contributed by atoms with E-state index in [0.717, 1.165) is 0 Å². The van der Waals surface area contributed by atoms with Crippen molar-refractivity contribution in [2.75, 3.05) is 19.0 Å². The molecule has 0 N–H and O–H groups in total. The molecule has 1 saturated carbocycles. The van der Waals surface area contributed by atoms with Crippen LogP contribution in [0, 0.1) is 11.8 Å². The lowest BCUT2D eigenvalue weighted by Gasteiger charge is -2.47. The maximum Gasteiger partial charge on any atom is 0.0894 e. The van der Waals surface area contributed by atoms with Crippen LogP contribution in [-0.2, 0) is 4.74 Å². The lowest BCUT2D eigenvalue weighted by Crippen LogP contribution is -2.41. The number of nitrogens with zero attached hydrogens (tertiary/aromatic N) is 1. The first-order chi connectivity index (χ1) is 11.2. The number of hydrogen-bond donors (Lipinski definition) is 0. The molecule has 2 heteroatoms. The Bertz CT molecular complexity index is 574. The molecule has 1 aromatic rings. The molecule has 3 aliphatic rings. The number of fused-ring (bicyclic) bond motifs is 3. The third-order valence-electron chi connectivity index (χ3n) is 6.08. The van der Waals surface area contributed by atoms with Gasteiger partial charge in [-0.2, -0.15) is 0 Å². The first kappa shape index (κ1) is 15.3. The van der Waals surface area contributed by atoms with Crippen molar-refractivity contribution in [1.82, 2.24) is 0 Å². The number of benzene rings is 1. The molecule has 2 aliphatic carbocycles. The molecular formula is C21H29NO. The highest BCUT2D eigenvalue weighted by atomic mass is 16.5. The summed E-state index contributed by atoms with van der Waals surface area (Å²) in [6, 6.07) is 9.04. The summed E-state index contributed by atoms with van der Waals surface area (Å²) in [5, 5.41) is 0. The fourth-order valence-electron chi connectivity index (χ4n) is 4.87. The number of rotatable bonds is 2. The molecule has 0 bridgehead atoms. The van der Waals surface area contributed by atoms with E-state index in [1.54, 1.807) is 5.57 Å². The number of hydrogen-bond acceptors (Lipinski definition) is 2. The Balaban J connectivity index is 1.64. The van der Waals surface area contributed by atoms with Crippen molar-refractivity contribution < 1.29 is 4.74 Å². The fraction of sp³-hybridized carbons (Fsp3) is 0.619. The average molecular weight is 311 g/mol. The Labute approximate surface area is 140 Å². The highest BCUT2D eigenvalue weighted by Crippen LogP contribution is 2.51. The predicted molar refractivity (Wildman–Crippen MR) is 95.8 cm³/mol. The lowest BCUT2D eigenvalue weighted by molar-refractivity contribution is -0.106. The standard InChI is InChI=1S/C21H29NO/c1-22(2)16-13-11-15(12-14-16)21-19-9-4-3-7-17(19)18-8-5-6-10-20(18)23-21/h7,11-14,18-21H,3-6,8-10H2,1-2H3/t18-,19+,20+,21+/m1/s1. The van der Waals surface area contributed by atoms with Gasteiger partial charge in [0.15, 0.2) is 0 Å². The molecule has 1 heterocycles. The molecule has 0 amide bonds. The van der Waals surface area contributed by atoms with E-state index < -0.39 is 0 Å². The van der Waals surface area contributed by atoms with Crippen LogP contribution in [-0.4, -0.2) is 20.2 Å². The highest BCUT2D eigenvalue weighted by Gasteiger charge is 2.43. The minimum Gasteiger partial charge on any atom is -0.378 e. The van der Waals surface area contributed by atoms with Gasteiger partial charge in [-0.05, 0) is 49.8 Å². The number of ether oxygens (including phenoxy) is 1. The predicted octanol–water partition coefficient (Wildman–Crippen LogP) is 5.11. The van der Waals surface area contributed by atoms with Crippen LogP contribution in [0.15, 0.2) is 35.9 Å². The van der Waals surface area contributed by atoms with Crippen LogP contribution in [0.2, 0.25) is 0 Å². The van der Waals surface area contributed by atoms with Crippen molar-refractivity contribution in [2.45, 2.75) is 57.2 Å². The van der Waals surface area contributed by atoms with E-state index in [1.165, 1.54) is 56.2 Å². The van der Waals surface area contributed by atoms with Gasteiger partial charge in [0.25, 0.3) is 0 Å². The molecule has 0 aromatic heterocycles. The van der Waals surface area contributed by atoms with Gasteiger partial charge in [-0.25, -0.2) is 0 Å². The van der Waals surface area contributed by atoms with Gasteiger partial charge in [0.1, 0.15) is 0 Å². The largest absolute Gasteiger partial charge is 0.378 e. The molecule has 4 atom stereocenters. The first-order valence-electron chi connectivity index (χ1n) is 9.37. The van der Waals surface area contributed by atoms with Crippen molar-refractivity contribution in [3.8, 4) is 0 Å². The van der Waals surface area contributed by atoms with E-state index >= 15 is 0 Å². The van der Waals surface area contributed by atoms with E-state index in [2.05, 4.69) is 49.3 Å². The van der Waals surface area contributed by atoms with Crippen LogP contribution in [0.4, 0.5) is 5.69 Å². The molecule has 23 heavy (non-hydrogen) atoms. The number of allylic oxidation sites excluding steroid dienone is 1. The second-order valence-electron chi connectivity index (χ2n) is 7.71. The number of anilines is 1. The Morgan fingerprint density at radius 3 is 2.43 bits per heavy atom. The molecule has 0 spiro atoms. The van der Waals surface area contributed by atoms with Gasteiger partial charge in [-0.3, -0.25) is 0 Å². The highest BCUT2D eigenvalue weighted by molar-refractivity contribution is 5.46. The average Bonchev–Trinajstić information content (AvgIpc) is 2.61. The van der Waals surface area contributed by atoms with Crippen LogP contribution < -0.4 is 4.90 Å². The van der Waals surface area contributed by atoms with E-state index in [0.29, 0.717) is 17.9 Å². The normalized spacial score (nSPS) is 33.4. The van der Waals surface area contributed by atoms with Gasteiger partial charge in [-0.15, -0.1) is 0 Å². The summed E-state index contributed by atoms with van der Waals surface area (Å²) in [6.07, 6.45) is 12.5. The summed E-state index contributed by atoms with van der Waals surface area (Å²) >= 11 is 0. The summed E-state index contributed by atoms with van der Waals surface area (Å²) < 4.78 is 6.69. The molecule has 124 valence electrons. The van der Waals surface area contributed by atoms with Crippen molar-refractivity contribution in [1.29, 1.82) is 0 Å². The van der Waals surface area contributed by atoms with Crippen LogP contribution in [0.1, 0.15) is 56.6 Å². The van der Waals surface area contributed by atoms with Crippen molar-refractivity contribution >= 4 is 5.69 Å². The lowest BCUT2D eigenvalue weighted by atomic mass is 9.68. The van der Waals surface area contributed by atoms with Gasteiger partial charge in [0.2, 0.25) is 0 Å². The summed E-state index contributed by atoms with van der Waals surface area (Å²) in [5.74, 6) is 1.33. The third-order valence-corrected chi connectivity index (χ3v) is 6.08. The summed E-state index contributed by atoms with van der Waals surface area (Å²) in [7, 11) is 4.20. The summed E-state index contributed by atoms with van der Waals surface area (Å²) in [4.78, 5) is 2.16. The second-order valence-corrected chi connectivity index (χ2v) is 7.71. The van der Waals surface area contributed by atoms with E-state index in [4.69, 9.17) is 4.74 Å². The Morgan fingerprint density at radius 2 is 1.65 bits per heavy atom. The van der Waals surface area contributed by atoms with Crippen molar-refractivity contribution in [3.05, 3.63) is 41.5 Å². The molecule has 0 unspecified atom stereocenters. The van der Waals surface area contributed by atoms with Gasteiger partial charge in [-0.1, -0.05) is 36.6 Å². The molecular weight excluding hydrogens is 282 g/mol. The van der Waals surface area contributed by atoms with Gasteiger partial charge in [0.05, 0.1) is 12.2 Å². The Kier molecular flexibility index (Phi) is 4.19. The zero-order valence-corrected chi connectivity index (χ0v) is 14.5. The van der Waals surface area contributed by atoms with Gasteiger partial charge >= 0.3 is 0 Å². The maximum absolute atomic E-state index is 6.69. The molecule has 2 fully saturated rings. The maximum atomic E-state index is 6.69. The first-order valence-corrected chi connectivity index (χ1v) is 9.37. The fourth-order valence-corrected chi connectivity index (χ4v) is 4.87. The van der Waals surface area contributed by atoms with Crippen LogP contribution in [0.25, 0.3) is 0 Å². The minimum atomic E-state index is 0.275. The van der Waals surface area contributed by atoms with E-state index in [-0.39, 0.29) is 6.10 Å². The molecule has 1 aromatic carbocycles. The zero-order chi connectivity index (χ0) is 15.8. The zero-order valence-electron chi connectivity index (χ0n) is 14.5. The molecule has 1 aliphatic heterocycles. The molecule has 4 rings (SSSR count). The third kappa shape index (κ3) is 2.82. The van der Waals surface area contributed by atoms with Crippen LogP contribution >= 0.6 is 0 Å². The van der Waals surface area contributed by atoms with Crippen LogP contribution in [0.3, 0.4) is 0 Å². The van der Waals surface area contributed by atoms with Crippen molar-refractivity contribution in [2.24, 2.45) is 11.8 Å². The minimum absolute atomic E-state index is 0.275. The quantitative estimate of drug-likeness (QED) is 0.704. The Hall–Kier alpha value is -1.28. The Morgan fingerprint density at radius 1 is 0.913 bits per heavy atom. The van der Waals surface area contributed by atoms with E-state index in [9.17, 15) is 0 Å². The summed E-state index contributed by atoms with van der Waals surface area (Å²) in [6.45, 7) is 0. The van der Waals surface area contributed by atoms with Gasteiger partial charge in [0, 0.05) is 31.6 Å². The SMILES string of the molecule is CN(C)c1ccc([C@@H]2O[C@H]3CCCC[C@@H]3C3=CCCC[C@@H]32)cc1. The van der Waals surface area contributed by atoms with E-state index in [1.807, 2.05) is 0 Å². The molecule has 0 radical (unpaired) electrons. The van der Waals surface area contributed by atoms with Gasteiger partial charge < -0.3 is 9.64 Å². The smallest absolute Gasteiger partial charge is 0.0894 e. The monoisotopic (exact) mass is 311 g/mol. The summed E-state index contributed by atoms with van der Waals surface area (Å²) in [5.41, 5.74) is 4.38. The molecule has 1 saturated heterocycles.